The van der Waals surface area contributed by atoms with E-state index in [4.69, 9.17) is 0 Å². The van der Waals surface area contributed by atoms with Gasteiger partial charge in [-0.05, 0) is 87.2 Å². The molecule has 0 aliphatic carbocycles. The average Bonchev–Trinajstić information content (AvgIpc) is 2.59. The predicted molar refractivity (Wildman–Crippen MR) is 136 cm³/mol. The molecule has 0 aliphatic rings. The molecule has 1 nitrogen and oxygen atoms in total. The van der Waals surface area contributed by atoms with Gasteiger partial charge >= 0.3 is 0 Å². The molecule has 0 aromatic carbocycles. The van der Waals surface area contributed by atoms with Gasteiger partial charge in [-0.25, -0.2) is 0 Å². The summed E-state index contributed by atoms with van der Waals surface area (Å²) < 4.78 is 0. The van der Waals surface area contributed by atoms with Crippen molar-refractivity contribution in [2.24, 2.45) is 23.7 Å². The Morgan fingerprint density at radius 3 is 0.933 bits per heavy atom. The standard InChI is InChI=1S/C29H54O/c1-23(2)13-9-17-27(18-10-14-24(3)4)21-29(30)22-28(19-11-15-25(5)6)20-12-16-26(7)8/h21-26H,9-20H2,1-8H3. The topological polar surface area (TPSA) is 17.1 Å². The Balaban J connectivity index is 5.08. The van der Waals surface area contributed by atoms with Crippen LogP contribution >= 0.6 is 0 Å². The van der Waals surface area contributed by atoms with Crippen LogP contribution in [-0.4, -0.2) is 5.78 Å². The number of rotatable bonds is 18. The van der Waals surface area contributed by atoms with Crippen LogP contribution in [0.1, 0.15) is 132 Å². The fraction of sp³-hybridized carbons (Fsp3) is 0.828. The normalized spacial score (nSPS) is 11.6. The van der Waals surface area contributed by atoms with Crippen LogP contribution in [-0.2, 0) is 4.79 Å². The minimum Gasteiger partial charge on any atom is -0.290 e. The van der Waals surface area contributed by atoms with Gasteiger partial charge in [0.2, 0.25) is 0 Å². The minimum absolute atomic E-state index is 0.239. The van der Waals surface area contributed by atoms with Gasteiger partial charge in [-0.2, -0.15) is 0 Å². The van der Waals surface area contributed by atoms with E-state index in [-0.39, 0.29) is 5.78 Å². The van der Waals surface area contributed by atoms with Crippen LogP contribution in [0.25, 0.3) is 0 Å². The first-order valence-corrected chi connectivity index (χ1v) is 13.0. The van der Waals surface area contributed by atoms with E-state index in [1.54, 1.807) is 0 Å². The molecular formula is C29H54O. The largest absolute Gasteiger partial charge is 0.290 e. The molecule has 0 amide bonds. The minimum atomic E-state index is 0.239. The zero-order valence-corrected chi connectivity index (χ0v) is 21.9. The third kappa shape index (κ3) is 19.1. The van der Waals surface area contributed by atoms with Gasteiger partial charge in [0, 0.05) is 0 Å². The second kappa shape index (κ2) is 17.8. The summed E-state index contributed by atoms with van der Waals surface area (Å²) >= 11 is 0. The van der Waals surface area contributed by atoms with Gasteiger partial charge in [-0.1, -0.05) is 92.2 Å². The molecule has 0 aromatic heterocycles. The van der Waals surface area contributed by atoms with Crippen molar-refractivity contribution in [1.29, 1.82) is 0 Å². The lowest BCUT2D eigenvalue weighted by molar-refractivity contribution is -0.110. The van der Waals surface area contributed by atoms with Crippen LogP contribution in [0.3, 0.4) is 0 Å². The summed E-state index contributed by atoms with van der Waals surface area (Å²) in [5, 5.41) is 0. The van der Waals surface area contributed by atoms with E-state index in [1.165, 1.54) is 62.5 Å². The highest BCUT2D eigenvalue weighted by Crippen LogP contribution is 2.22. The molecular weight excluding hydrogens is 364 g/mol. The van der Waals surface area contributed by atoms with Gasteiger partial charge in [-0.3, -0.25) is 4.79 Å². The third-order valence-corrected chi connectivity index (χ3v) is 5.81. The molecule has 0 radical (unpaired) electrons. The Hall–Kier alpha value is -0.850. The molecule has 1 heteroatoms. The van der Waals surface area contributed by atoms with Crippen molar-refractivity contribution in [3.8, 4) is 0 Å². The lowest BCUT2D eigenvalue weighted by Crippen LogP contribution is -1.99. The second-order valence-electron chi connectivity index (χ2n) is 11.2. The highest BCUT2D eigenvalue weighted by Gasteiger charge is 2.07. The van der Waals surface area contributed by atoms with E-state index >= 15 is 0 Å². The van der Waals surface area contributed by atoms with Crippen LogP contribution in [0.2, 0.25) is 0 Å². The Kier molecular flexibility index (Phi) is 17.3. The summed E-state index contributed by atoms with van der Waals surface area (Å²) in [6.45, 7) is 18.3. The van der Waals surface area contributed by atoms with Crippen LogP contribution in [0.5, 0.6) is 0 Å². The van der Waals surface area contributed by atoms with Crippen molar-refractivity contribution in [1.82, 2.24) is 0 Å². The molecule has 30 heavy (non-hydrogen) atoms. The summed E-state index contributed by atoms with van der Waals surface area (Å²) in [5.74, 6) is 3.21. The summed E-state index contributed by atoms with van der Waals surface area (Å²) in [5.41, 5.74) is 2.75. The van der Waals surface area contributed by atoms with E-state index < -0.39 is 0 Å². The Bertz CT molecular complexity index is 414. The highest BCUT2D eigenvalue weighted by atomic mass is 16.1. The van der Waals surface area contributed by atoms with E-state index in [9.17, 15) is 4.79 Å². The molecule has 0 N–H and O–H groups in total. The lowest BCUT2D eigenvalue weighted by atomic mass is 9.94. The van der Waals surface area contributed by atoms with E-state index in [2.05, 4.69) is 55.4 Å². The average molecular weight is 419 g/mol. The van der Waals surface area contributed by atoms with Crippen LogP contribution in [0, 0.1) is 23.7 Å². The van der Waals surface area contributed by atoms with Crippen LogP contribution in [0.4, 0.5) is 0 Å². The molecule has 0 aliphatic heterocycles. The number of hydrogen-bond acceptors (Lipinski definition) is 1. The monoisotopic (exact) mass is 418 g/mol. The van der Waals surface area contributed by atoms with Gasteiger partial charge in [0.15, 0.2) is 5.78 Å². The van der Waals surface area contributed by atoms with E-state index in [0.717, 1.165) is 49.4 Å². The van der Waals surface area contributed by atoms with E-state index in [1.807, 2.05) is 12.2 Å². The fourth-order valence-corrected chi connectivity index (χ4v) is 3.93. The number of hydrogen-bond donors (Lipinski definition) is 0. The first-order chi connectivity index (χ1) is 14.1. The van der Waals surface area contributed by atoms with Gasteiger partial charge in [0.25, 0.3) is 0 Å². The SMILES string of the molecule is CC(C)CCCC(=CC(=O)C=C(CCCC(C)C)CCCC(C)C)CCCC(C)C. The third-order valence-electron chi connectivity index (χ3n) is 5.81. The molecule has 0 atom stereocenters. The molecule has 176 valence electrons. The first-order valence-electron chi connectivity index (χ1n) is 13.0. The van der Waals surface area contributed by atoms with Gasteiger partial charge in [-0.15, -0.1) is 0 Å². The van der Waals surface area contributed by atoms with E-state index in [0.29, 0.717) is 0 Å². The van der Waals surface area contributed by atoms with Gasteiger partial charge in [0.1, 0.15) is 0 Å². The van der Waals surface area contributed by atoms with Crippen LogP contribution in [0.15, 0.2) is 23.3 Å². The summed E-state index contributed by atoms with van der Waals surface area (Å²) in [4.78, 5) is 12.9. The van der Waals surface area contributed by atoms with Crippen molar-refractivity contribution >= 4 is 5.78 Å². The Labute approximate surface area is 190 Å². The Morgan fingerprint density at radius 1 is 0.500 bits per heavy atom. The maximum Gasteiger partial charge on any atom is 0.178 e. The zero-order valence-electron chi connectivity index (χ0n) is 21.9. The summed E-state index contributed by atoms with van der Waals surface area (Å²) in [7, 11) is 0. The first kappa shape index (κ1) is 29.1. The van der Waals surface area contributed by atoms with Crippen molar-refractivity contribution in [3.63, 3.8) is 0 Å². The fourth-order valence-electron chi connectivity index (χ4n) is 3.93. The maximum absolute atomic E-state index is 12.9. The molecule has 0 heterocycles. The maximum atomic E-state index is 12.9. The molecule has 0 bridgehead atoms. The molecule has 0 fully saturated rings. The summed E-state index contributed by atoms with van der Waals surface area (Å²) in [6.07, 6.45) is 18.2. The molecule has 0 saturated carbocycles. The quantitative estimate of drug-likeness (QED) is 0.202. The van der Waals surface area contributed by atoms with Crippen molar-refractivity contribution < 1.29 is 4.79 Å². The number of ketones is 1. The van der Waals surface area contributed by atoms with Crippen molar-refractivity contribution in [3.05, 3.63) is 23.3 Å². The molecule has 0 aromatic rings. The molecule has 0 rings (SSSR count). The van der Waals surface area contributed by atoms with Gasteiger partial charge in [0.05, 0.1) is 0 Å². The molecule has 0 spiro atoms. The van der Waals surface area contributed by atoms with Gasteiger partial charge < -0.3 is 0 Å². The summed E-state index contributed by atoms with van der Waals surface area (Å²) in [6, 6.07) is 0. The van der Waals surface area contributed by atoms with Crippen molar-refractivity contribution in [2.45, 2.75) is 132 Å². The lowest BCUT2D eigenvalue weighted by Gasteiger charge is -2.11. The molecule has 0 saturated heterocycles. The molecule has 0 unspecified atom stereocenters. The Morgan fingerprint density at radius 2 is 0.733 bits per heavy atom. The predicted octanol–water partition coefficient (Wildman–Crippen LogP) is 9.71. The number of allylic oxidation sites excluding steroid dienone is 4. The van der Waals surface area contributed by atoms with Crippen LogP contribution < -0.4 is 0 Å². The highest BCUT2D eigenvalue weighted by molar-refractivity contribution is 6.00. The van der Waals surface area contributed by atoms with Crippen molar-refractivity contribution in [2.75, 3.05) is 0 Å². The second-order valence-corrected chi connectivity index (χ2v) is 11.2. The smallest absolute Gasteiger partial charge is 0.178 e. The number of carbonyl (C=O) groups is 1. The zero-order chi connectivity index (χ0) is 22.9. The number of carbonyl (C=O) groups excluding carboxylic acids is 1.